The number of aromatic nitrogens is 3. The van der Waals surface area contributed by atoms with Crippen molar-refractivity contribution in [2.24, 2.45) is 0 Å². The third-order valence-corrected chi connectivity index (χ3v) is 6.46. The van der Waals surface area contributed by atoms with E-state index in [-0.39, 0.29) is 17.7 Å². The highest BCUT2D eigenvalue weighted by Crippen LogP contribution is 2.27. The Hall–Kier alpha value is -4.75. The Morgan fingerprint density at radius 1 is 1.11 bits per heavy atom. The first kappa shape index (κ1) is 24.9. The van der Waals surface area contributed by atoms with Gasteiger partial charge in [0.25, 0.3) is 5.91 Å². The van der Waals surface area contributed by atoms with Crippen molar-refractivity contribution >= 4 is 28.6 Å². The zero-order valence-electron chi connectivity index (χ0n) is 21.1. The van der Waals surface area contributed by atoms with E-state index >= 15 is 0 Å². The number of nitrogens with zero attached hydrogens (tertiary/aromatic N) is 6. The number of fused-ring (bicyclic) bond motifs is 1. The molecule has 38 heavy (non-hydrogen) atoms. The minimum atomic E-state index is -0.190. The summed E-state index contributed by atoms with van der Waals surface area (Å²) in [5, 5.41) is 13.1. The van der Waals surface area contributed by atoms with E-state index in [0.29, 0.717) is 35.4 Å². The number of hydrogen-bond acceptors (Lipinski definition) is 9. The van der Waals surface area contributed by atoms with Crippen LogP contribution in [0.25, 0.3) is 10.9 Å². The average molecular weight is 509 g/mol. The molecule has 10 nitrogen and oxygen atoms in total. The number of nitrogen functional groups attached to an aromatic ring is 1. The van der Waals surface area contributed by atoms with Gasteiger partial charge in [0.2, 0.25) is 11.8 Å². The van der Waals surface area contributed by atoms with E-state index in [1.54, 1.807) is 36.5 Å². The number of ether oxygens (including phenoxy) is 1. The van der Waals surface area contributed by atoms with Crippen LogP contribution < -0.4 is 20.7 Å². The minimum absolute atomic E-state index is 0.190. The predicted octanol–water partition coefficient (Wildman–Crippen LogP) is 3.00. The second kappa shape index (κ2) is 11.1. The Bertz CT molecular complexity index is 1510. The summed E-state index contributed by atoms with van der Waals surface area (Å²) in [6, 6.07) is 18.4. The molecule has 0 atom stereocenters. The molecule has 0 bridgehead atoms. The zero-order valence-corrected chi connectivity index (χ0v) is 21.1. The molecule has 0 unspecified atom stereocenters. The van der Waals surface area contributed by atoms with Gasteiger partial charge < -0.3 is 25.6 Å². The van der Waals surface area contributed by atoms with Crippen LogP contribution in [-0.4, -0.2) is 65.5 Å². The second-order valence-electron chi connectivity index (χ2n) is 9.15. The van der Waals surface area contributed by atoms with Crippen LogP contribution in [0.4, 0.5) is 11.8 Å². The minimum Gasteiger partial charge on any atom is -0.438 e. The number of piperazine rings is 1. The van der Waals surface area contributed by atoms with Gasteiger partial charge >= 0.3 is 0 Å². The molecular formula is C28H28N8O2. The number of carbonyl (C=O) groups excluding carboxylic acids is 1. The molecule has 1 fully saturated rings. The molecule has 1 aliphatic rings. The maximum absolute atomic E-state index is 12.9. The third-order valence-electron chi connectivity index (χ3n) is 6.46. The second-order valence-corrected chi connectivity index (χ2v) is 9.15. The Kier molecular flexibility index (Phi) is 7.28. The first-order chi connectivity index (χ1) is 18.5. The summed E-state index contributed by atoms with van der Waals surface area (Å²) >= 11 is 0. The first-order valence-corrected chi connectivity index (χ1v) is 12.4. The van der Waals surface area contributed by atoms with E-state index in [2.05, 4.69) is 43.2 Å². The van der Waals surface area contributed by atoms with Gasteiger partial charge in [0.15, 0.2) is 0 Å². The molecular weight excluding hydrogens is 480 g/mol. The molecule has 0 saturated carbocycles. The van der Waals surface area contributed by atoms with Gasteiger partial charge in [0.1, 0.15) is 23.2 Å². The number of pyridine rings is 1. The van der Waals surface area contributed by atoms with E-state index in [9.17, 15) is 10.1 Å². The summed E-state index contributed by atoms with van der Waals surface area (Å²) in [6.45, 7) is 4.05. The molecule has 192 valence electrons. The van der Waals surface area contributed by atoms with Crippen molar-refractivity contribution in [2.45, 2.75) is 6.42 Å². The van der Waals surface area contributed by atoms with Crippen molar-refractivity contribution in [2.75, 3.05) is 50.4 Å². The number of anilines is 2. The molecule has 0 radical (unpaired) electrons. The number of carbonyl (C=O) groups is 1. The van der Waals surface area contributed by atoms with Gasteiger partial charge in [-0.1, -0.05) is 12.1 Å². The normalized spacial score (nSPS) is 13.7. The largest absolute Gasteiger partial charge is 0.438 e. The smallest absolute Gasteiger partial charge is 0.251 e. The lowest BCUT2D eigenvalue weighted by Crippen LogP contribution is -2.45. The monoisotopic (exact) mass is 508 g/mol. The van der Waals surface area contributed by atoms with E-state index in [1.165, 1.54) is 0 Å². The number of nitrogens with two attached hydrogens (primary N) is 1. The molecule has 2 aromatic heterocycles. The third kappa shape index (κ3) is 5.63. The fraction of sp³-hybridized carbons (Fsp3) is 0.250. The molecule has 1 amide bonds. The fourth-order valence-electron chi connectivity index (χ4n) is 4.39. The fourth-order valence-corrected chi connectivity index (χ4v) is 4.39. The van der Waals surface area contributed by atoms with Gasteiger partial charge in [-0.2, -0.15) is 10.2 Å². The molecule has 3 N–H and O–H groups in total. The lowest BCUT2D eigenvalue weighted by atomic mass is 10.1. The Labute approximate surface area is 220 Å². The Morgan fingerprint density at radius 3 is 2.76 bits per heavy atom. The lowest BCUT2D eigenvalue weighted by molar-refractivity contribution is 0.0954. The molecule has 1 saturated heterocycles. The quantitative estimate of drug-likeness (QED) is 0.386. The number of benzene rings is 2. The summed E-state index contributed by atoms with van der Waals surface area (Å²) in [5.41, 5.74) is 8.52. The van der Waals surface area contributed by atoms with Crippen molar-refractivity contribution in [1.82, 2.24) is 25.2 Å². The van der Waals surface area contributed by atoms with Gasteiger partial charge in [-0.25, -0.2) is 9.97 Å². The van der Waals surface area contributed by atoms with Crippen molar-refractivity contribution < 1.29 is 9.53 Å². The number of likely N-dealkylation sites (N-methyl/N-ethyl adjacent to an activating group) is 1. The topological polar surface area (TPSA) is 133 Å². The number of amides is 1. The van der Waals surface area contributed by atoms with Crippen LogP contribution >= 0.6 is 0 Å². The van der Waals surface area contributed by atoms with Gasteiger partial charge in [-0.05, 0) is 61.5 Å². The van der Waals surface area contributed by atoms with E-state index in [4.69, 9.17) is 10.5 Å². The zero-order chi connectivity index (χ0) is 26.5. The van der Waals surface area contributed by atoms with Crippen molar-refractivity contribution in [1.29, 1.82) is 5.26 Å². The Morgan fingerprint density at radius 2 is 1.95 bits per heavy atom. The van der Waals surface area contributed by atoms with Gasteiger partial charge in [-0.3, -0.25) is 4.79 Å². The molecule has 4 aromatic rings. The van der Waals surface area contributed by atoms with Crippen LogP contribution in [0.15, 0.2) is 60.8 Å². The molecule has 2 aromatic carbocycles. The number of rotatable bonds is 7. The average Bonchev–Trinajstić information content (AvgIpc) is 2.93. The summed E-state index contributed by atoms with van der Waals surface area (Å²) in [7, 11) is 2.10. The Balaban J connectivity index is 1.23. The SMILES string of the molecule is CN1CCN(c2nc(N)nc3cc(C(=O)NCCc4cccc(Oc5ncccc5C#N)c4)ccc23)CC1. The van der Waals surface area contributed by atoms with Crippen LogP contribution in [0.1, 0.15) is 21.5 Å². The van der Waals surface area contributed by atoms with Crippen LogP contribution in [0.2, 0.25) is 0 Å². The molecule has 0 spiro atoms. The van der Waals surface area contributed by atoms with Gasteiger partial charge in [0, 0.05) is 49.9 Å². The number of hydrogen-bond donors (Lipinski definition) is 2. The van der Waals surface area contributed by atoms with Crippen LogP contribution in [0.5, 0.6) is 11.6 Å². The molecule has 0 aliphatic carbocycles. The molecule has 3 heterocycles. The van der Waals surface area contributed by atoms with Gasteiger partial charge in [-0.15, -0.1) is 0 Å². The van der Waals surface area contributed by atoms with Crippen molar-refractivity contribution in [3.05, 3.63) is 77.5 Å². The van der Waals surface area contributed by atoms with Crippen molar-refractivity contribution in [3.8, 4) is 17.7 Å². The molecule has 5 rings (SSSR count). The highest BCUT2D eigenvalue weighted by atomic mass is 16.5. The highest BCUT2D eigenvalue weighted by molar-refractivity contribution is 6.00. The molecule has 10 heteroatoms. The van der Waals surface area contributed by atoms with E-state index in [1.807, 2.05) is 24.3 Å². The van der Waals surface area contributed by atoms with Crippen LogP contribution in [0.3, 0.4) is 0 Å². The highest BCUT2D eigenvalue weighted by Gasteiger charge is 2.19. The van der Waals surface area contributed by atoms with Crippen molar-refractivity contribution in [3.63, 3.8) is 0 Å². The summed E-state index contributed by atoms with van der Waals surface area (Å²) in [4.78, 5) is 30.4. The lowest BCUT2D eigenvalue weighted by Gasteiger charge is -2.33. The maximum Gasteiger partial charge on any atom is 0.251 e. The number of nitrogens with one attached hydrogen (secondary N) is 1. The standard InChI is InChI=1S/C28H28N8O2/c1-35-12-14-36(15-13-35)25-23-8-7-20(17-24(23)33-28(30)34-25)26(37)31-11-9-19-4-2-6-22(16-19)38-27-21(18-29)5-3-10-32-27/h2-8,10,16-17H,9,11-15H2,1H3,(H,31,37)(H2,30,33,34). The predicted molar refractivity (Wildman–Crippen MR) is 145 cm³/mol. The maximum atomic E-state index is 12.9. The summed E-state index contributed by atoms with van der Waals surface area (Å²) in [6.07, 6.45) is 2.18. The summed E-state index contributed by atoms with van der Waals surface area (Å²) in [5.74, 6) is 1.65. The van der Waals surface area contributed by atoms with Gasteiger partial charge in [0.05, 0.1) is 5.52 Å². The van der Waals surface area contributed by atoms with Crippen LogP contribution in [-0.2, 0) is 6.42 Å². The van der Waals surface area contributed by atoms with Crippen LogP contribution in [0, 0.1) is 11.3 Å². The summed E-state index contributed by atoms with van der Waals surface area (Å²) < 4.78 is 5.80. The van der Waals surface area contributed by atoms with E-state index < -0.39 is 0 Å². The molecule has 1 aliphatic heterocycles. The number of nitriles is 1. The van der Waals surface area contributed by atoms with E-state index in [0.717, 1.165) is 42.9 Å². The first-order valence-electron chi connectivity index (χ1n) is 12.4.